The second kappa shape index (κ2) is 5.46. The Kier molecular flexibility index (Phi) is 3.94. The van der Waals surface area contributed by atoms with E-state index in [2.05, 4.69) is 15.9 Å². The van der Waals surface area contributed by atoms with E-state index in [0.717, 1.165) is 10.0 Å². The molecule has 0 saturated heterocycles. The van der Waals surface area contributed by atoms with E-state index in [1.165, 1.54) is 0 Å². The first-order valence-electron chi connectivity index (χ1n) is 5.74. The molecule has 92 valence electrons. The maximum Gasteiger partial charge on any atom is 0.194 e. The van der Waals surface area contributed by atoms with Crippen molar-refractivity contribution < 1.29 is 4.79 Å². The average molecular weight is 304 g/mol. The highest BCUT2D eigenvalue weighted by molar-refractivity contribution is 9.10. The summed E-state index contributed by atoms with van der Waals surface area (Å²) in [5.74, 6) is 0.0127. The molecule has 0 aromatic heterocycles. The molecule has 0 heterocycles. The van der Waals surface area contributed by atoms with Crippen LogP contribution in [0.15, 0.2) is 53.0 Å². The van der Waals surface area contributed by atoms with Crippen LogP contribution < -0.4 is 5.73 Å². The number of benzene rings is 2. The fraction of sp³-hybridized carbons (Fsp3) is 0.133. The van der Waals surface area contributed by atoms with Gasteiger partial charge in [-0.1, -0.05) is 52.3 Å². The van der Waals surface area contributed by atoms with Gasteiger partial charge in [-0.3, -0.25) is 4.79 Å². The first kappa shape index (κ1) is 13.0. The number of carbonyl (C=O) groups excluding carboxylic acids is 1. The zero-order valence-electron chi connectivity index (χ0n) is 10.1. The normalized spacial score (nSPS) is 12.2. The van der Waals surface area contributed by atoms with E-state index < -0.39 is 0 Å². The quantitative estimate of drug-likeness (QED) is 0.879. The molecule has 3 heteroatoms. The highest BCUT2D eigenvalue weighted by atomic mass is 79.9. The zero-order chi connectivity index (χ0) is 13.1. The molecule has 2 rings (SSSR count). The van der Waals surface area contributed by atoms with Crippen LogP contribution in [-0.4, -0.2) is 5.78 Å². The standard InChI is InChI=1S/C15H14BrNO/c1-10(17)11-6-8-12(9-7-11)15(18)13-4-2-3-5-14(13)16/h2-10H,17H2,1H3. The molecule has 2 nitrogen and oxygen atoms in total. The van der Waals surface area contributed by atoms with E-state index >= 15 is 0 Å². The summed E-state index contributed by atoms with van der Waals surface area (Å²) in [4.78, 5) is 12.3. The van der Waals surface area contributed by atoms with Gasteiger partial charge in [0.2, 0.25) is 0 Å². The molecular formula is C15H14BrNO. The van der Waals surface area contributed by atoms with E-state index in [4.69, 9.17) is 5.73 Å². The van der Waals surface area contributed by atoms with Gasteiger partial charge in [0.05, 0.1) is 0 Å². The second-order valence-corrected chi connectivity index (χ2v) is 5.07. The molecule has 2 aromatic carbocycles. The largest absolute Gasteiger partial charge is 0.324 e. The number of nitrogens with two attached hydrogens (primary N) is 1. The molecule has 0 spiro atoms. The molecule has 1 atom stereocenters. The van der Waals surface area contributed by atoms with E-state index in [9.17, 15) is 4.79 Å². The molecule has 2 aromatic rings. The van der Waals surface area contributed by atoms with Crippen molar-refractivity contribution in [2.24, 2.45) is 5.73 Å². The van der Waals surface area contributed by atoms with Crippen LogP contribution in [0.4, 0.5) is 0 Å². The monoisotopic (exact) mass is 303 g/mol. The number of hydrogen-bond donors (Lipinski definition) is 1. The summed E-state index contributed by atoms with van der Waals surface area (Å²) in [6.07, 6.45) is 0. The minimum atomic E-state index is -0.0161. The molecule has 0 radical (unpaired) electrons. The van der Waals surface area contributed by atoms with E-state index in [1.807, 2.05) is 55.5 Å². The lowest BCUT2D eigenvalue weighted by Crippen LogP contribution is -2.06. The first-order valence-corrected chi connectivity index (χ1v) is 6.53. The van der Waals surface area contributed by atoms with Crippen LogP contribution in [0.3, 0.4) is 0 Å². The van der Waals surface area contributed by atoms with Crippen LogP contribution in [0.5, 0.6) is 0 Å². The summed E-state index contributed by atoms with van der Waals surface area (Å²) in [5, 5.41) is 0. The first-order chi connectivity index (χ1) is 8.59. The predicted octanol–water partition coefficient (Wildman–Crippen LogP) is 3.70. The Balaban J connectivity index is 2.32. The van der Waals surface area contributed by atoms with Crippen LogP contribution in [0.25, 0.3) is 0 Å². The average Bonchev–Trinajstić information content (AvgIpc) is 2.38. The minimum absolute atomic E-state index is 0.0127. The number of carbonyl (C=O) groups is 1. The van der Waals surface area contributed by atoms with Crippen LogP contribution >= 0.6 is 15.9 Å². The number of ketones is 1. The molecule has 2 N–H and O–H groups in total. The number of rotatable bonds is 3. The Morgan fingerprint density at radius 1 is 1.11 bits per heavy atom. The molecule has 0 amide bonds. The Bertz CT molecular complexity index is 561. The highest BCUT2D eigenvalue weighted by Crippen LogP contribution is 2.20. The Morgan fingerprint density at radius 2 is 1.72 bits per heavy atom. The van der Waals surface area contributed by atoms with Gasteiger partial charge in [-0.05, 0) is 24.6 Å². The van der Waals surface area contributed by atoms with Gasteiger partial charge in [-0.2, -0.15) is 0 Å². The van der Waals surface area contributed by atoms with Gasteiger partial charge in [0, 0.05) is 21.6 Å². The van der Waals surface area contributed by atoms with Crippen molar-refractivity contribution >= 4 is 21.7 Å². The van der Waals surface area contributed by atoms with E-state index in [1.54, 1.807) is 0 Å². The molecule has 0 aliphatic heterocycles. The fourth-order valence-electron chi connectivity index (χ4n) is 1.74. The van der Waals surface area contributed by atoms with Crippen molar-refractivity contribution in [3.63, 3.8) is 0 Å². The fourth-order valence-corrected chi connectivity index (χ4v) is 2.20. The molecule has 0 fully saturated rings. The Labute approximate surface area is 115 Å². The van der Waals surface area contributed by atoms with Gasteiger partial charge in [0.15, 0.2) is 5.78 Å². The second-order valence-electron chi connectivity index (χ2n) is 4.22. The Morgan fingerprint density at radius 3 is 2.28 bits per heavy atom. The number of halogens is 1. The highest BCUT2D eigenvalue weighted by Gasteiger charge is 2.12. The van der Waals surface area contributed by atoms with Crippen LogP contribution in [0.1, 0.15) is 34.5 Å². The van der Waals surface area contributed by atoms with Crippen LogP contribution in [0, 0.1) is 0 Å². The molecule has 0 aliphatic rings. The van der Waals surface area contributed by atoms with Crippen LogP contribution in [0.2, 0.25) is 0 Å². The van der Waals surface area contributed by atoms with Gasteiger partial charge in [-0.15, -0.1) is 0 Å². The summed E-state index contributed by atoms with van der Waals surface area (Å²) in [5.41, 5.74) is 8.15. The summed E-state index contributed by atoms with van der Waals surface area (Å²) in [7, 11) is 0. The topological polar surface area (TPSA) is 43.1 Å². The van der Waals surface area contributed by atoms with Crippen molar-refractivity contribution in [3.8, 4) is 0 Å². The molecule has 0 aliphatic carbocycles. The van der Waals surface area contributed by atoms with Crippen molar-refractivity contribution in [2.75, 3.05) is 0 Å². The number of hydrogen-bond acceptors (Lipinski definition) is 2. The Hall–Kier alpha value is -1.45. The van der Waals surface area contributed by atoms with Crippen molar-refractivity contribution in [3.05, 3.63) is 69.7 Å². The summed E-state index contributed by atoms with van der Waals surface area (Å²) in [6, 6.07) is 14.8. The summed E-state index contributed by atoms with van der Waals surface area (Å²) >= 11 is 3.39. The lowest BCUT2D eigenvalue weighted by atomic mass is 10.0. The van der Waals surface area contributed by atoms with Gasteiger partial charge in [0.25, 0.3) is 0 Å². The van der Waals surface area contributed by atoms with Gasteiger partial charge in [-0.25, -0.2) is 0 Å². The maximum atomic E-state index is 12.3. The maximum absolute atomic E-state index is 12.3. The predicted molar refractivity (Wildman–Crippen MR) is 76.6 cm³/mol. The van der Waals surface area contributed by atoms with Gasteiger partial charge in [0.1, 0.15) is 0 Å². The van der Waals surface area contributed by atoms with E-state index in [0.29, 0.717) is 11.1 Å². The van der Waals surface area contributed by atoms with Crippen molar-refractivity contribution in [1.82, 2.24) is 0 Å². The third kappa shape index (κ3) is 2.68. The van der Waals surface area contributed by atoms with Crippen LogP contribution in [-0.2, 0) is 0 Å². The lowest BCUT2D eigenvalue weighted by molar-refractivity contribution is 0.103. The minimum Gasteiger partial charge on any atom is -0.324 e. The zero-order valence-corrected chi connectivity index (χ0v) is 11.6. The van der Waals surface area contributed by atoms with Crippen molar-refractivity contribution in [1.29, 1.82) is 0 Å². The SMILES string of the molecule is CC(N)c1ccc(C(=O)c2ccccc2Br)cc1. The summed E-state index contributed by atoms with van der Waals surface area (Å²) in [6.45, 7) is 1.92. The molecule has 0 saturated carbocycles. The van der Waals surface area contributed by atoms with Gasteiger partial charge < -0.3 is 5.73 Å². The summed E-state index contributed by atoms with van der Waals surface area (Å²) < 4.78 is 0.811. The molecule has 1 unspecified atom stereocenters. The molecule has 0 bridgehead atoms. The third-order valence-corrected chi connectivity index (χ3v) is 3.51. The van der Waals surface area contributed by atoms with E-state index in [-0.39, 0.29) is 11.8 Å². The smallest absolute Gasteiger partial charge is 0.194 e. The lowest BCUT2D eigenvalue weighted by Gasteiger charge is -2.07. The third-order valence-electron chi connectivity index (χ3n) is 2.82. The molecular weight excluding hydrogens is 290 g/mol. The van der Waals surface area contributed by atoms with Gasteiger partial charge >= 0.3 is 0 Å². The van der Waals surface area contributed by atoms with Crippen molar-refractivity contribution in [2.45, 2.75) is 13.0 Å². The molecule has 18 heavy (non-hydrogen) atoms.